The Labute approximate surface area is 257 Å². The van der Waals surface area contributed by atoms with Crippen molar-refractivity contribution in [1.82, 2.24) is 0 Å². The van der Waals surface area contributed by atoms with Crippen molar-refractivity contribution in [3.05, 3.63) is 168 Å². The van der Waals surface area contributed by atoms with Gasteiger partial charge >= 0.3 is 11.9 Å². The van der Waals surface area contributed by atoms with Gasteiger partial charge in [-0.1, -0.05) is 108 Å². The Morgan fingerprint density at radius 1 is 0.341 bits per heavy atom. The largest absolute Gasteiger partial charge is 0.423 e. The first kappa shape index (κ1) is 28.4. The average molecular weight is 575 g/mol. The summed E-state index contributed by atoms with van der Waals surface area (Å²) in [7, 11) is 0. The lowest BCUT2D eigenvalue weighted by atomic mass is 10.0. The van der Waals surface area contributed by atoms with Gasteiger partial charge in [-0.15, -0.1) is 0 Å². The Hall–Kier alpha value is -5.74. The standard InChI is InChI=1S/C40H30O4/c1-27-3-7-29(8-4-27)31-11-15-35(16-12-31)39(41)43-37-23-19-33(20-24-37)34-21-25-38(26-22-34)44-40(42)36-17-13-32(14-18-36)30-9-5-28(2)6-10-30/h3-26H,1-2H3. The normalized spacial score (nSPS) is 10.7. The Bertz CT molecular complexity index is 1740. The van der Waals surface area contributed by atoms with Crippen LogP contribution in [0.5, 0.6) is 11.5 Å². The van der Waals surface area contributed by atoms with Crippen LogP contribution in [0.1, 0.15) is 31.8 Å². The van der Waals surface area contributed by atoms with E-state index in [1.54, 1.807) is 48.5 Å². The maximum absolute atomic E-state index is 12.7. The van der Waals surface area contributed by atoms with Crippen LogP contribution >= 0.6 is 0 Å². The first-order valence-corrected chi connectivity index (χ1v) is 14.4. The molecule has 0 aromatic heterocycles. The van der Waals surface area contributed by atoms with E-state index in [9.17, 15) is 9.59 Å². The minimum absolute atomic E-state index is 0.413. The third-order valence-electron chi connectivity index (χ3n) is 7.47. The lowest BCUT2D eigenvalue weighted by Gasteiger charge is -2.09. The van der Waals surface area contributed by atoms with E-state index in [1.807, 2.05) is 48.5 Å². The quantitative estimate of drug-likeness (QED) is 0.141. The van der Waals surface area contributed by atoms with E-state index < -0.39 is 11.9 Å². The molecule has 44 heavy (non-hydrogen) atoms. The maximum Gasteiger partial charge on any atom is 0.343 e. The van der Waals surface area contributed by atoms with E-state index >= 15 is 0 Å². The fraction of sp³-hybridized carbons (Fsp3) is 0.0500. The van der Waals surface area contributed by atoms with E-state index in [0.29, 0.717) is 22.6 Å². The summed E-state index contributed by atoms with van der Waals surface area (Å²) in [4.78, 5) is 25.4. The van der Waals surface area contributed by atoms with Crippen LogP contribution < -0.4 is 9.47 Å². The first-order chi connectivity index (χ1) is 21.4. The van der Waals surface area contributed by atoms with E-state index in [0.717, 1.165) is 33.4 Å². The zero-order valence-corrected chi connectivity index (χ0v) is 24.5. The van der Waals surface area contributed by atoms with Crippen molar-refractivity contribution in [1.29, 1.82) is 0 Å². The monoisotopic (exact) mass is 574 g/mol. The molecule has 0 amide bonds. The van der Waals surface area contributed by atoms with Gasteiger partial charge in [-0.3, -0.25) is 0 Å². The third-order valence-corrected chi connectivity index (χ3v) is 7.47. The molecule has 6 rings (SSSR count). The summed E-state index contributed by atoms with van der Waals surface area (Å²) in [6.07, 6.45) is 0. The molecular formula is C40H30O4. The summed E-state index contributed by atoms with van der Waals surface area (Å²) >= 11 is 0. The van der Waals surface area contributed by atoms with Crippen LogP contribution in [0.4, 0.5) is 0 Å². The number of carbonyl (C=O) groups is 2. The molecule has 0 spiro atoms. The molecule has 0 aliphatic carbocycles. The molecule has 0 fully saturated rings. The van der Waals surface area contributed by atoms with Gasteiger partial charge in [-0.05, 0) is 95.8 Å². The molecule has 0 bridgehead atoms. The number of hydrogen-bond acceptors (Lipinski definition) is 4. The van der Waals surface area contributed by atoms with Crippen LogP contribution in [0.2, 0.25) is 0 Å². The van der Waals surface area contributed by atoms with Crippen molar-refractivity contribution in [3.63, 3.8) is 0 Å². The molecule has 4 nitrogen and oxygen atoms in total. The van der Waals surface area contributed by atoms with Crippen molar-refractivity contribution in [2.45, 2.75) is 13.8 Å². The van der Waals surface area contributed by atoms with Gasteiger partial charge in [-0.2, -0.15) is 0 Å². The van der Waals surface area contributed by atoms with Crippen LogP contribution in [0.3, 0.4) is 0 Å². The SMILES string of the molecule is Cc1ccc(-c2ccc(C(=O)Oc3ccc(-c4ccc(OC(=O)c5ccc(-c6ccc(C)cc6)cc5)cc4)cc3)cc2)cc1. The topological polar surface area (TPSA) is 52.6 Å². The molecule has 0 N–H and O–H groups in total. The second-order valence-corrected chi connectivity index (χ2v) is 10.7. The summed E-state index contributed by atoms with van der Waals surface area (Å²) in [5.74, 6) is 0.0916. The Kier molecular flexibility index (Phi) is 8.15. The highest BCUT2D eigenvalue weighted by Gasteiger charge is 2.11. The van der Waals surface area contributed by atoms with Gasteiger partial charge in [0.15, 0.2) is 0 Å². The van der Waals surface area contributed by atoms with Crippen LogP contribution in [-0.4, -0.2) is 11.9 Å². The Morgan fingerprint density at radius 2 is 0.568 bits per heavy atom. The van der Waals surface area contributed by atoms with E-state index in [1.165, 1.54) is 11.1 Å². The van der Waals surface area contributed by atoms with Crippen LogP contribution in [-0.2, 0) is 0 Å². The van der Waals surface area contributed by atoms with Crippen molar-refractivity contribution < 1.29 is 19.1 Å². The van der Waals surface area contributed by atoms with Crippen molar-refractivity contribution in [2.24, 2.45) is 0 Å². The highest BCUT2D eigenvalue weighted by Crippen LogP contribution is 2.27. The molecule has 6 aromatic rings. The molecule has 0 saturated heterocycles. The summed E-state index contributed by atoms with van der Waals surface area (Å²) in [5, 5.41) is 0. The number of esters is 2. The maximum atomic E-state index is 12.7. The molecule has 6 aromatic carbocycles. The summed E-state index contributed by atoms with van der Waals surface area (Å²) < 4.78 is 11.2. The predicted molar refractivity (Wildman–Crippen MR) is 175 cm³/mol. The average Bonchev–Trinajstić information content (AvgIpc) is 3.06. The zero-order chi connectivity index (χ0) is 30.5. The van der Waals surface area contributed by atoms with Gasteiger partial charge in [0, 0.05) is 0 Å². The second-order valence-electron chi connectivity index (χ2n) is 10.7. The fourth-order valence-corrected chi connectivity index (χ4v) is 4.85. The highest BCUT2D eigenvalue weighted by atomic mass is 16.5. The predicted octanol–water partition coefficient (Wildman–Crippen LogP) is 9.74. The van der Waals surface area contributed by atoms with Crippen molar-refractivity contribution >= 4 is 11.9 Å². The van der Waals surface area contributed by atoms with E-state index in [4.69, 9.17) is 9.47 Å². The van der Waals surface area contributed by atoms with Gasteiger partial charge in [0.25, 0.3) is 0 Å². The van der Waals surface area contributed by atoms with Gasteiger partial charge < -0.3 is 9.47 Å². The molecule has 0 unspecified atom stereocenters. The van der Waals surface area contributed by atoms with Crippen molar-refractivity contribution in [3.8, 4) is 44.9 Å². The Morgan fingerprint density at radius 3 is 0.841 bits per heavy atom. The number of aryl methyl sites for hydroxylation is 2. The lowest BCUT2D eigenvalue weighted by Crippen LogP contribution is -2.08. The van der Waals surface area contributed by atoms with E-state index in [-0.39, 0.29) is 0 Å². The minimum Gasteiger partial charge on any atom is -0.423 e. The highest BCUT2D eigenvalue weighted by molar-refractivity contribution is 5.92. The molecule has 0 saturated carbocycles. The number of benzene rings is 6. The molecule has 214 valence electrons. The van der Waals surface area contributed by atoms with Crippen LogP contribution in [0.25, 0.3) is 33.4 Å². The third kappa shape index (κ3) is 6.66. The molecule has 4 heteroatoms. The molecular weight excluding hydrogens is 544 g/mol. The number of carbonyl (C=O) groups excluding carboxylic acids is 2. The summed E-state index contributed by atoms with van der Waals surface area (Å²) in [5.41, 5.74) is 9.54. The van der Waals surface area contributed by atoms with Gasteiger partial charge in [0.05, 0.1) is 11.1 Å². The number of hydrogen-bond donors (Lipinski definition) is 0. The molecule has 0 heterocycles. The van der Waals surface area contributed by atoms with E-state index in [2.05, 4.69) is 62.4 Å². The summed E-state index contributed by atoms with van der Waals surface area (Å²) in [6.45, 7) is 4.11. The fourth-order valence-electron chi connectivity index (χ4n) is 4.85. The second kappa shape index (κ2) is 12.6. The number of ether oxygens (including phenoxy) is 2. The lowest BCUT2D eigenvalue weighted by molar-refractivity contribution is 0.0725. The molecule has 0 aliphatic rings. The van der Waals surface area contributed by atoms with Crippen LogP contribution in [0, 0.1) is 13.8 Å². The van der Waals surface area contributed by atoms with Crippen LogP contribution in [0.15, 0.2) is 146 Å². The van der Waals surface area contributed by atoms with Gasteiger partial charge in [0.2, 0.25) is 0 Å². The number of rotatable bonds is 7. The molecule has 0 atom stereocenters. The minimum atomic E-state index is -0.413. The molecule has 0 radical (unpaired) electrons. The smallest absolute Gasteiger partial charge is 0.343 e. The zero-order valence-electron chi connectivity index (χ0n) is 24.5. The summed E-state index contributed by atoms with van der Waals surface area (Å²) in [6, 6.07) is 46.0. The van der Waals surface area contributed by atoms with Crippen molar-refractivity contribution in [2.75, 3.05) is 0 Å². The Balaban J connectivity index is 1.04. The van der Waals surface area contributed by atoms with Gasteiger partial charge in [0.1, 0.15) is 11.5 Å². The molecule has 0 aliphatic heterocycles. The van der Waals surface area contributed by atoms with Gasteiger partial charge in [-0.25, -0.2) is 9.59 Å². The first-order valence-electron chi connectivity index (χ1n) is 14.4.